The number of amides is 1. The lowest BCUT2D eigenvalue weighted by Gasteiger charge is -2.09. The summed E-state index contributed by atoms with van der Waals surface area (Å²) >= 11 is 6.39. The average Bonchev–Trinajstić information content (AvgIpc) is 3.24. The van der Waals surface area contributed by atoms with Crippen LogP contribution < -0.4 is 10.2 Å². The number of benzene rings is 4. The Morgan fingerprint density at radius 2 is 1.75 bits per heavy atom. The van der Waals surface area contributed by atoms with Crippen LogP contribution in [0.5, 0.6) is 5.75 Å². The molecule has 6 nitrogen and oxygen atoms in total. The van der Waals surface area contributed by atoms with Crippen molar-refractivity contribution in [2.24, 2.45) is 5.10 Å². The standard InChI is InChI=1S/C30H22ClF3N4O2/c1-19-27(28(31)38(37-19)25-8-4-7-24(16-25)30(32,33)34)17-35-36-29(39)22-11-9-20(10-12-22)18-40-26-14-13-21-5-2-3-6-23(21)15-26/h2-17H,18H2,1H3,(H,36,39). The first-order chi connectivity index (χ1) is 19.2. The molecule has 10 heteroatoms. The minimum absolute atomic E-state index is 0.0607. The third-order valence-corrected chi connectivity index (χ3v) is 6.53. The third kappa shape index (κ3) is 6.00. The largest absolute Gasteiger partial charge is 0.489 e. The van der Waals surface area contributed by atoms with E-state index in [0.717, 1.165) is 34.2 Å². The molecular weight excluding hydrogens is 541 g/mol. The van der Waals surface area contributed by atoms with Gasteiger partial charge in [-0.2, -0.15) is 23.4 Å². The van der Waals surface area contributed by atoms with Crippen molar-refractivity contribution in [1.82, 2.24) is 15.2 Å². The maximum Gasteiger partial charge on any atom is 0.416 e. The van der Waals surface area contributed by atoms with E-state index in [2.05, 4.69) is 15.6 Å². The maximum absolute atomic E-state index is 13.1. The number of hydrazone groups is 1. The van der Waals surface area contributed by atoms with Crippen LogP contribution in [0.4, 0.5) is 13.2 Å². The monoisotopic (exact) mass is 562 g/mol. The fourth-order valence-corrected chi connectivity index (χ4v) is 4.36. The number of aromatic nitrogens is 2. The highest BCUT2D eigenvalue weighted by molar-refractivity contribution is 6.32. The van der Waals surface area contributed by atoms with E-state index in [-0.39, 0.29) is 10.8 Å². The molecule has 40 heavy (non-hydrogen) atoms. The zero-order valence-electron chi connectivity index (χ0n) is 21.1. The number of rotatable bonds is 7. The second-order valence-electron chi connectivity index (χ2n) is 8.94. The summed E-state index contributed by atoms with van der Waals surface area (Å²) in [5, 5.41) is 10.5. The number of fused-ring (bicyclic) bond motifs is 1. The quantitative estimate of drug-likeness (QED) is 0.167. The molecule has 0 spiro atoms. The van der Waals surface area contributed by atoms with Gasteiger partial charge in [0.1, 0.15) is 17.5 Å². The van der Waals surface area contributed by atoms with Crippen molar-refractivity contribution < 1.29 is 22.7 Å². The van der Waals surface area contributed by atoms with E-state index >= 15 is 0 Å². The van der Waals surface area contributed by atoms with E-state index in [0.29, 0.717) is 23.4 Å². The fraction of sp³-hybridized carbons (Fsp3) is 0.100. The fourth-order valence-electron chi connectivity index (χ4n) is 4.04. The van der Waals surface area contributed by atoms with Crippen LogP contribution in [-0.2, 0) is 12.8 Å². The molecule has 1 aromatic heterocycles. The topological polar surface area (TPSA) is 68.5 Å². The number of ether oxygens (including phenoxy) is 1. The maximum atomic E-state index is 13.1. The predicted molar refractivity (Wildman–Crippen MR) is 148 cm³/mol. The molecule has 0 aliphatic rings. The average molecular weight is 563 g/mol. The summed E-state index contributed by atoms with van der Waals surface area (Å²) in [6.07, 6.45) is -3.19. The van der Waals surface area contributed by atoms with Crippen LogP contribution in [0.15, 0.2) is 96.1 Å². The Bertz CT molecular complexity index is 1710. The van der Waals surface area contributed by atoms with Crippen LogP contribution in [0.1, 0.15) is 32.7 Å². The van der Waals surface area contributed by atoms with Crippen molar-refractivity contribution in [2.75, 3.05) is 0 Å². The van der Waals surface area contributed by atoms with E-state index < -0.39 is 17.6 Å². The number of hydrogen-bond donors (Lipinski definition) is 1. The lowest BCUT2D eigenvalue weighted by molar-refractivity contribution is -0.137. The molecule has 0 aliphatic heterocycles. The molecule has 0 atom stereocenters. The van der Waals surface area contributed by atoms with Crippen LogP contribution in [0.25, 0.3) is 16.5 Å². The number of aryl methyl sites for hydroxylation is 1. The molecule has 5 aromatic rings. The zero-order valence-corrected chi connectivity index (χ0v) is 21.9. The molecule has 5 rings (SSSR count). The van der Waals surface area contributed by atoms with Gasteiger partial charge in [-0.3, -0.25) is 4.79 Å². The summed E-state index contributed by atoms with van der Waals surface area (Å²) in [6.45, 7) is 1.98. The molecule has 0 unspecified atom stereocenters. The van der Waals surface area contributed by atoms with E-state index in [1.54, 1.807) is 31.2 Å². The van der Waals surface area contributed by atoms with E-state index in [1.807, 2.05) is 42.5 Å². The first-order valence-corrected chi connectivity index (χ1v) is 12.5. The van der Waals surface area contributed by atoms with Gasteiger partial charge in [0.25, 0.3) is 5.91 Å². The predicted octanol–water partition coefficient (Wildman–Crippen LogP) is 7.35. The number of carbonyl (C=O) groups excluding carboxylic acids is 1. The summed E-state index contributed by atoms with van der Waals surface area (Å²) in [4.78, 5) is 12.6. The minimum Gasteiger partial charge on any atom is -0.489 e. The van der Waals surface area contributed by atoms with Gasteiger partial charge >= 0.3 is 6.18 Å². The van der Waals surface area contributed by atoms with Gasteiger partial charge in [0.05, 0.1) is 28.7 Å². The third-order valence-electron chi connectivity index (χ3n) is 6.17. The molecule has 202 valence electrons. The molecule has 0 saturated carbocycles. The van der Waals surface area contributed by atoms with Gasteiger partial charge in [-0.05, 0) is 65.7 Å². The zero-order chi connectivity index (χ0) is 28.3. The van der Waals surface area contributed by atoms with Crippen molar-refractivity contribution >= 4 is 34.5 Å². The highest BCUT2D eigenvalue weighted by Crippen LogP contribution is 2.31. The Kier molecular flexibility index (Phi) is 7.57. The SMILES string of the molecule is Cc1nn(-c2cccc(C(F)(F)F)c2)c(Cl)c1C=NNC(=O)c1ccc(COc2ccc3ccccc3c2)cc1. The number of alkyl halides is 3. The van der Waals surface area contributed by atoms with Gasteiger partial charge in [0.2, 0.25) is 0 Å². The molecule has 0 fully saturated rings. The summed E-state index contributed by atoms with van der Waals surface area (Å²) in [5.41, 5.74) is 3.82. The van der Waals surface area contributed by atoms with Crippen molar-refractivity contribution in [1.29, 1.82) is 0 Å². The van der Waals surface area contributed by atoms with Gasteiger partial charge in [-0.15, -0.1) is 0 Å². The highest BCUT2D eigenvalue weighted by atomic mass is 35.5. The minimum atomic E-state index is -4.50. The second-order valence-corrected chi connectivity index (χ2v) is 9.30. The van der Waals surface area contributed by atoms with E-state index in [4.69, 9.17) is 16.3 Å². The molecule has 1 heterocycles. The Balaban J connectivity index is 1.21. The highest BCUT2D eigenvalue weighted by Gasteiger charge is 2.30. The van der Waals surface area contributed by atoms with Crippen molar-refractivity contribution in [3.05, 3.63) is 124 Å². The van der Waals surface area contributed by atoms with E-state index in [9.17, 15) is 18.0 Å². The van der Waals surface area contributed by atoms with Gasteiger partial charge in [0.15, 0.2) is 0 Å². The lowest BCUT2D eigenvalue weighted by atomic mass is 10.1. The second kappa shape index (κ2) is 11.2. The summed E-state index contributed by atoms with van der Waals surface area (Å²) in [6, 6.07) is 25.5. The van der Waals surface area contributed by atoms with Gasteiger partial charge in [-0.1, -0.05) is 60.1 Å². The molecule has 0 saturated heterocycles. The summed E-state index contributed by atoms with van der Waals surface area (Å²) in [7, 11) is 0. The van der Waals surface area contributed by atoms with Crippen LogP contribution >= 0.6 is 11.6 Å². The molecular formula is C30H22ClF3N4O2. The van der Waals surface area contributed by atoms with Gasteiger partial charge < -0.3 is 4.74 Å². The smallest absolute Gasteiger partial charge is 0.416 e. The number of halogens is 4. The number of carbonyl (C=O) groups is 1. The number of nitrogens with zero attached hydrogens (tertiary/aromatic N) is 3. The number of nitrogens with one attached hydrogen (secondary N) is 1. The normalized spacial score (nSPS) is 11.7. The van der Waals surface area contributed by atoms with Crippen LogP contribution in [0, 0.1) is 6.92 Å². The van der Waals surface area contributed by atoms with Crippen LogP contribution in [0.2, 0.25) is 5.15 Å². The van der Waals surface area contributed by atoms with Gasteiger partial charge in [-0.25, -0.2) is 10.1 Å². The summed E-state index contributed by atoms with van der Waals surface area (Å²) < 4.78 is 46.4. The van der Waals surface area contributed by atoms with E-state index in [1.165, 1.54) is 23.0 Å². The molecule has 0 aliphatic carbocycles. The molecule has 1 N–H and O–H groups in total. The first kappa shape index (κ1) is 27.0. The Hall–Kier alpha value is -4.63. The van der Waals surface area contributed by atoms with Crippen molar-refractivity contribution in [2.45, 2.75) is 19.7 Å². The first-order valence-electron chi connectivity index (χ1n) is 12.2. The Labute approximate surface area is 232 Å². The molecule has 0 bridgehead atoms. The van der Waals surface area contributed by atoms with Crippen LogP contribution in [0.3, 0.4) is 0 Å². The van der Waals surface area contributed by atoms with Crippen molar-refractivity contribution in [3.8, 4) is 11.4 Å². The Morgan fingerprint density at radius 1 is 1.00 bits per heavy atom. The lowest BCUT2D eigenvalue weighted by Crippen LogP contribution is -2.17. The molecule has 0 radical (unpaired) electrons. The molecule has 4 aromatic carbocycles. The van der Waals surface area contributed by atoms with Crippen LogP contribution in [-0.4, -0.2) is 21.9 Å². The summed E-state index contributed by atoms with van der Waals surface area (Å²) in [5.74, 6) is 0.303. The van der Waals surface area contributed by atoms with Crippen molar-refractivity contribution in [3.63, 3.8) is 0 Å². The number of hydrogen-bond acceptors (Lipinski definition) is 4. The Morgan fingerprint density at radius 3 is 2.50 bits per heavy atom. The molecule has 1 amide bonds. The van der Waals surface area contributed by atoms with Gasteiger partial charge in [0, 0.05) is 5.56 Å².